The predicted octanol–water partition coefficient (Wildman–Crippen LogP) is 2.79. The van der Waals surface area contributed by atoms with Crippen LogP contribution < -0.4 is 0 Å². The van der Waals surface area contributed by atoms with Crippen molar-refractivity contribution in [2.24, 2.45) is 0 Å². The number of benzene rings is 1. The van der Waals surface area contributed by atoms with E-state index in [1.807, 2.05) is 6.92 Å². The van der Waals surface area contributed by atoms with E-state index in [4.69, 9.17) is 0 Å². The molecule has 1 aromatic rings. The van der Waals surface area contributed by atoms with Crippen molar-refractivity contribution in [2.75, 3.05) is 0 Å². The fraction of sp³-hybridized carbons (Fsp3) is 0.333. The maximum absolute atomic E-state index is 11.5. The van der Waals surface area contributed by atoms with Crippen molar-refractivity contribution in [3.05, 3.63) is 41.0 Å². The Morgan fingerprint density at radius 2 is 2.14 bits per heavy atom. The van der Waals surface area contributed by atoms with Gasteiger partial charge in [0, 0.05) is 22.3 Å². The molecule has 0 saturated heterocycles. The van der Waals surface area contributed by atoms with Crippen LogP contribution in [-0.2, 0) is 22.3 Å². The van der Waals surface area contributed by atoms with Crippen molar-refractivity contribution < 1.29 is 4.21 Å². The minimum absolute atomic E-state index is 0.696. The minimum atomic E-state index is -0.696. The standard InChI is InChI=1S/C12H14OS/c1-8(2)11-5-9(3)4-10-6-14(13)7-12(10)11/h4-5H,1,6-7H2,2-3H3. The summed E-state index contributed by atoms with van der Waals surface area (Å²) in [7, 11) is -0.696. The third-order valence-corrected chi connectivity index (χ3v) is 3.81. The molecule has 0 N–H and O–H groups in total. The first-order valence-corrected chi connectivity index (χ1v) is 6.20. The van der Waals surface area contributed by atoms with Gasteiger partial charge >= 0.3 is 0 Å². The Kier molecular flexibility index (Phi) is 2.31. The van der Waals surface area contributed by atoms with Gasteiger partial charge in [0.05, 0.1) is 0 Å². The quantitative estimate of drug-likeness (QED) is 0.690. The zero-order chi connectivity index (χ0) is 10.3. The second kappa shape index (κ2) is 3.35. The molecule has 0 bridgehead atoms. The van der Waals surface area contributed by atoms with Crippen LogP contribution in [0.15, 0.2) is 18.7 Å². The Morgan fingerprint density at radius 1 is 1.43 bits per heavy atom. The average Bonchev–Trinajstić information content (AvgIpc) is 2.42. The summed E-state index contributed by atoms with van der Waals surface area (Å²) in [5.41, 5.74) is 6.01. The van der Waals surface area contributed by atoms with Gasteiger partial charge in [-0.1, -0.05) is 29.8 Å². The van der Waals surface area contributed by atoms with Gasteiger partial charge in [0.15, 0.2) is 0 Å². The lowest BCUT2D eigenvalue weighted by molar-refractivity contribution is 0.684. The SMILES string of the molecule is C=C(C)c1cc(C)cc2c1CS(=O)C2. The van der Waals surface area contributed by atoms with Crippen molar-refractivity contribution in [3.8, 4) is 0 Å². The van der Waals surface area contributed by atoms with Crippen LogP contribution >= 0.6 is 0 Å². The first-order valence-electron chi connectivity index (χ1n) is 4.71. The molecule has 74 valence electrons. The summed E-state index contributed by atoms with van der Waals surface area (Å²) in [5, 5.41) is 0. The fourth-order valence-corrected chi connectivity index (χ4v) is 3.33. The van der Waals surface area contributed by atoms with Crippen LogP contribution in [0.5, 0.6) is 0 Å². The topological polar surface area (TPSA) is 17.1 Å². The Morgan fingerprint density at radius 3 is 2.79 bits per heavy atom. The molecule has 1 aliphatic heterocycles. The smallest absolute Gasteiger partial charge is 0.0498 e. The van der Waals surface area contributed by atoms with Gasteiger partial charge in [0.2, 0.25) is 0 Å². The molecule has 0 spiro atoms. The second-order valence-electron chi connectivity index (χ2n) is 3.96. The molecule has 1 unspecified atom stereocenters. The van der Waals surface area contributed by atoms with Gasteiger partial charge in [-0.15, -0.1) is 0 Å². The molecular formula is C12H14OS. The molecule has 1 atom stereocenters. The Hall–Kier alpha value is -0.890. The third kappa shape index (κ3) is 1.55. The summed E-state index contributed by atoms with van der Waals surface area (Å²) in [6.45, 7) is 8.06. The van der Waals surface area contributed by atoms with Crippen molar-refractivity contribution in [1.29, 1.82) is 0 Å². The van der Waals surface area contributed by atoms with Gasteiger partial charge in [-0.25, -0.2) is 0 Å². The zero-order valence-corrected chi connectivity index (χ0v) is 9.41. The van der Waals surface area contributed by atoms with Gasteiger partial charge in [0.1, 0.15) is 0 Å². The molecule has 2 heteroatoms. The van der Waals surface area contributed by atoms with Crippen LogP contribution in [0.4, 0.5) is 0 Å². The molecule has 0 saturated carbocycles. The molecule has 0 aromatic heterocycles. The minimum Gasteiger partial charge on any atom is -0.259 e. The number of hydrogen-bond donors (Lipinski definition) is 0. The van der Waals surface area contributed by atoms with Crippen LogP contribution in [0.3, 0.4) is 0 Å². The van der Waals surface area contributed by atoms with E-state index < -0.39 is 10.8 Å². The van der Waals surface area contributed by atoms with Crippen molar-refractivity contribution in [2.45, 2.75) is 25.4 Å². The van der Waals surface area contributed by atoms with Crippen LogP contribution in [-0.4, -0.2) is 4.21 Å². The molecular weight excluding hydrogens is 192 g/mol. The van der Waals surface area contributed by atoms with E-state index in [1.165, 1.54) is 22.3 Å². The van der Waals surface area contributed by atoms with Crippen molar-refractivity contribution in [1.82, 2.24) is 0 Å². The molecule has 0 fully saturated rings. The highest BCUT2D eigenvalue weighted by atomic mass is 32.2. The largest absolute Gasteiger partial charge is 0.259 e. The first kappa shape index (κ1) is 9.66. The highest BCUT2D eigenvalue weighted by molar-refractivity contribution is 7.83. The van der Waals surface area contributed by atoms with E-state index >= 15 is 0 Å². The summed E-state index contributed by atoms with van der Waals surface area (Å²) in [6, 6.07) is 4.29. The average molecular weight is 206 g/mol. The molecule has 2 rings (SSSR count). The highest BCUT2D eigenvalue weighted by Crippen LogP contribution is 2.30. The van der Waals surface area contributed by atoms with Crippen LogP contribution in [0.25, 0.3) is 5.57 Å². The molecule has 0 radical (unpaired) electrons. The summed E-state index contributed by atoms with van der Waals surface area (Å²) < 4.78 is 11.5. The molecule has 14 heavy (non-hydrogen) atoms. The number of rotatable bonds is 1. The van der Waals surface area contributed by atoms with Gasteiger partial charge in [0.25, 0.3) is 0 Å². The molecule has 1 aromatic carbocycles. The van der Waals surface area contributed by atoms with Gasteiger partial charge < -0.3 is 0 Å². The van der Waals surface area contributed by atoms with Crippen LogP contribution in [0, 0.1) is 6.92 Å². The van der Waals surface area contributed by atoms with E-state index in [-0.39, 0.29) is 0 Å². The monoisotopic (exact) mass is 206 g/mol. The lowest BCUT2D eigenvalue weighted by Crippen LogP contribution is -1.92. The number of aryl methyl sites for hydroxylation is 1. The number of hydrogen-bond acceptors (Lipinski definition) is 1. The van der Waals surface area contributed by atoms with E-state index in [0.717, 1.165) is 11.3 Å². The maximum atomic E-state index is 11.5. The first-order chi connectivity index (χ1) is 6.58. The lowest BCUT2D eigenvalue weighted by atomic mass is 9.96. The van der Waals surface area contributed by atoms with E-state index in [9.17, 15) is 4.21 Å². The third-order valence-electron chi connectivity index (χ3n) is 2.57. The summed E-state index contributed by atoms with van der Waals surface area (Å²) in [5.74, 6) is 1.43. The number of allylic oxidation sites excluding steroid dienone is 1. The molecule has 0 aliphatic carbocycles. The predicted molar refractivity (Wildman–Crippen MR) is 61.4 cm³/mol. The second-order valence-corrected chi connectivity index (χ2v) is 5.42. The normalized spacial score (nSPS) is 19.4. The molecule has 1 heterocycles. The van der Waals surface area contributed by atoms with Crippen molar-refractivity contribution >= 4 is 16.4 Å². The van der Waals surface area contributed by atoms with Gasteiger partial charge in [-0.3, -0.25) is 4.21 Å². The maximum Gasteiger partial charge on any atom is 0.0498 e. The Bertz CT molecular complexity index is 432. The Balaban J connectivity index is 2.63. The van der Waals surface area contributed by atoms with E-state index in [0.29, 0.717) is 5.75 Å². The number of fused-ring (bicyclic) bond motifs is 1. The van der Waals surface area contributed by atoms with Crippen LogP contribution in [0.1, 0.15) is 29.2 Å². The molecule has 1 aliphatic rings. The molecule has 0 amide bonds. The Labute approximate surface area is 87.3 Å². The fourth-order valence-electron chi connectivity index (χ4n) is 1.96. The lowest BCUT2D eigenvalue weighted by Gasteiger charge is -2.08. The summed E-state index contributed by atoms with van der Waals surface area (Å²) in [4.78, 5) is 0. The molecule has 1 nitrogen and oxygen atoms in total. The van der Waals surface area contributed by atoms with E-state index in [2.05, 4.69) is 25.6 Å². The van der Waals surface area contributed by atoms with Gasteiger partial charge in [-0.2, -0.15) is 0 Å². The summed E-state index contributed by atoms with van der Waals surface area (Å²) in [6.07, 6.45) is 0. The zero-order valence-electron chi connectivity index (χ0n) is 8.59. The summed E-state index contributed by atoms with van der Waals surface area (Å²) >= 11 is 0. The van der Waals surface area contributed by atoms with Gasteiger partial charge in [-0.05, 0) is 30.5 Å². The van der Waals surface area contributed by atoms with Crippen molar-refractivity contribution in [3.63, 3.8) is 0 Å². The highest BCUT2D eigenvalue weighted by Gasteiger charge is 2.20. The van der Waals surface area contributed by atoms with Crippen LogP contribution in [0.2, 0.25) is 0 Å². The van der Waals surface area contributed by atoms with E-state index in [1.54, 1.807) is 0 Å².